The Balaban J connectivity index is 2.66. The van der Waals surface area contributed by atoms with Gasteiger partial charge in [0.05, 0.1) is 23.7 Å². The number of hydrogen-bond acceptors (Lipinski definition) is 2. The molecule has 0 aliphatic heterocycles. The zero-order valence-corrected chi connectivity index (χ0v) is 11.3. The van der Waals surface area contributed by atoms with Crippen molar-refractivity contribution in [3.8, 4) is 0 Å². The second kappa shape index (κ2) is 7.07. The van der Waals surface area contributed by atoms with Gasteiger partial charge in [0.1, 0.15) is 0 Å². The number of ether oxygens (including phenoxy) is 1. The van der Waals surface area contributed by atoms with Crippen molar-refractivity contribution in [2.24, 2.45) is 0 Å². The first-order valence-electron chi connectivity index (χ1n) is 5.57. The van der Waals surface area contributed by atoms with E-state index in [1.54, 1.807) is 11.7 Å². The molecular weight excluding hydrogens is 232 g/mol. The van der Waals surface area contributed by atoms with Crippen LogP contribution in [-0.4, -0.2) is 10.8 Å². The fourth-order valence-corrected chi connectivity index (χ4v) is 2.07. The number of allylic oxidation sites excluding steroid dienone is 2. The first kappa shape index (κ1) is 13.7. The van der Waals surface area contributed by atoms with E-state index in [0.29, 0.717) is 6.61 Å². The SMILES string of the molecule is CCO/C=C(C)/C=C/S(=O)c1ccc(C)cc1. The van der Waals surface area contributed by atoms with Crippen LogP contribution >= 0.6 is 0 Å². The average molecular weight is 250 g/mol. The van der Waals surface area contributed by atoms with Crippen LogP contribution in [0.2, 0.25) is 0 Å². The van der Waals surface area contributed by atoms with E-state index in [1.807, 2.05) is 51.1 Å². The molecule has 1 aromatic rings. The minimum absolute atomic E-state index is 0.645. The van der Waals surface area contributed by atoms with Gasteiger partial charge in [-0.2, -0.15) is 0 Å². The molecular formula is C14H18O2S. The van der Waals surface area contributed by atoms with Crippen LogP contribution in [0.5, 0.6) is 0 Å². The van der Waals surface area contributed by atoms with E-state index >= 15 is 0 Å². The fourth-order valence-electron chi connectivity index (χ4n) is 1.17. The Kier molecular flexibility index (Phi) is 5.70. The van der Waals surface area contributed by atoms with Gasteiger partial charge in [-0.25, -0.2) is 4.21 Å². The lowest BCUT2D eigenvalue weighted by Gasteiger charge is -1.98. The van der Waals surface area contributed by atoms with Crippen molar-refractivity contribution in [1.82, 2.24) is 0 Å². The minimum Gasteiger partial charge on any atom is -0.501 e. The summed E-state index contributed by atoms with van der Waals surface area (Å²) in [6, 6.07) is 7.70. The van der Waals surface area contributed by atoms with Crippen LogP contribution in [0.25, 0.3) is 0 Å². The predicted octanol–water partition coefficient (Wildman–Crippen LogP) is 3.56. The molecule has 0 heterocycles. The minimum atomic E-state index is -1.09. The zero-order valence-electron chi connectivity index (χ0n) is 10.5. The van der Waals surface area contributed by atoms with Crippen LogP contribution in [0.4, 0.5) is 0 Å². The highest BCUT2D eigenvalue weighted by molar-refractivity contribution is 7.88. The molecule has 0 saturated carbocycles. The van der Waals surface area contributed by atoms with Crippen molar-refractivity contribution < 1.29 is 8.95 Å². The molecule has 1 rings (SSSR count). The fraction of sp³-hybridized carbons (Fsp3) is 0.286. The third kappa shape index (κ3) is 5.00. The van der Waals surface area contributed by atoms with Gasteiger partial charge in [-0.15, -0.1) is 0 Å². The molecule has 3 heteroatoms. The van der Waals surface area contributed by atoms with Gasteiger partial charge in [0.2, 0.25) is 0 Å². The molecule has 0 bridgehead atoms. The standard InChI is InChI=1S/C14H18O2S/c1-4-16-11-13(3)9-10-17(15)14-7-5-12(2)6-8-14/h5-11H,4H2,1-3H3/b10-9+,13-11+. The Morgan fingerprint density at radius 1 is 1.35 bits per heavy atom. The van der Waals surface area contributed by atoms with Crippen molar-refractivity contribution in [2.75, 3.05) is 6.61 Å². The summed E-state index contributed by atoms with van der Waals surface area (Å²) >= 11 is 0. The molecule has 0 spiro atoms. The molecule has 0 aliphatic rings. The molecule has 92 valence electrons. The highest BCUT2D eigenvalue weighted by atomic mass is 32.2. The van der Waals surface area contributed by atoms with E-state index in [2.05, 4.69) is 0 Å². The molecule has 1 unspecified atom stereocenters. The highest BCUT2D eigenvalue weighted by Gasteiger charge is 1.98. The maximum absolute atomic E-state index is 11.9. The molecule has 17 heavy (non-hydrogen) atoms. The van der Waals surface area contributed by atoms with Gasteiger partial charge in [0.25, 0.3) is 0 Å². The Morgan fingerprint density at radius 2 is 2.00 bits per heavy atom. The number of benzene rings is 1. The van der Waals surface area contributed by atoms with Crippen molar-refractivity contribution >= 4 is 10.8 Å². The Hall–Kier alpha value is -1.35. The quantitative estimate of drug-likeness (QED) is 0.590. The van der Waals surface area contributed by atoms with Crippen molar-refractivity contribution in [3.63, 3.8) is 0 Å². The van der Waals surface area contributed by atoms with Crippen molar-refractivity contribution in [2.45, 2.75) is 25.7 Å². The largest absolute Gasteiger partial charge is 0.501 e. The molecule has 0 amide bonds. The predicted molar refractivity (Wildman–Crippen MR) is 72.1 cm³/mol. The summed E-state index contributed by atoms with van der Waals surface area (Å²) in [7, 11) is -1.09. The zero-order chi connectivity index (χ0) is 12.7. The maximum Gasteiger partial charge on any atom is 0.0858 e. The monoisotopic (exact) mass is 250 g/mol. The summed E-state index contributed by atoms with van der Waals surface area (Å²) in [6.07, 6.45) is 3.48. The van der Waals surface area contributed by atoms with Gasteiger partial charge >= 0.3 is 0 Å². The molecule has 0 fully saturated rings. The molecule has 0 aliphatic carbocycles. The van der Waals surface area contributed by atoms with Crippen molar-refractivity contribution in [3.05, 3.63) is 53.1 Å². The maximum atomic E-state index is 11.9. The van der Waals surface area contributed by atoms with Gasteiger partial charge in [0, 0.05) is 10.3 Å². The van der Waals surface area contributed by atoms with E-state index in [-0.39, 0.29) is 0 Å². The summed E-state index contributed by atoms with van der Waals surface area (Å²) in [5, 5.41) is 1.68. The number of aryl methyl sites for hydroxylation is 1. The Labute approximate surface area is 105 Å². The smallest absolute Gasteiger partial charge is 0.0858 e. The summed E-state index contributed by atoms with van der Waals surface area (Å²) < 4.78 is 17.0. The van der Waals surface area contributed by atoms with Gasteiger partial charge in [0.15, 0.2) is 0 Å². The second-order valence-electron chi connectivity index (χ2n) is 3.73. The van der Waals surface area contributed by atoms with Gasteiger partial charge in [-0.1, -0.05) is 17.7 Å². The van der Waals surface area contributed by atoms with E-state index in [4.69, 9.17) is 4.74 Å². The summed E-state index contributed by atoms with van der Waals surface area (Å²) in [4.78, 5) is 0.816. The summed E-state index contributed by atoms with van der Waals surface area (Å²) in [5.41, 5.74) is 2.12. The normalized spacial score (nSPS) is 13.9. The van der Waals surface area contributed by atoms with Gasteiger partial charge in [-0.3, -0.25) is 0 Å². The third-order valence-corrected chi connectivity index (χ3v) is 3.26. The van der Waals surface area contributed by atoms with Crippen LogP contribution in [0, 0.1) is 6.92 Å². The molecule has 2 nitrogen and oxygen atoms in total. The van der Waals surface area contributed by atoms with Crippen LogP contribution in [-0.2, 0) is 15.5 Å². The molecule has 1 atom stereocenters. The Bertz CT molecular complexity index is 430. The number of hydrogen-bond donors (Lipinski definition) is 0. The van der Waals surface area contributed by atoms with Crippen LogP contribution in [0.15, 0.2) is 52.5 Å². The number of rotatable bonds is 5. The molecule has 0 aromatic heterocycles. The van der Waals surface area contributed by atoms with Crippen LogP contribution in [0.3, 0.4) is 0 Å². The molecule has 1 aromatic carbocycles. The lowest BCUT2D eigenvalue weighted by atomic mass is 10.2. The van der Waals surface area contributed by atoms with E-state index in [1.165, 1.54) is 5.56 Å². The second-order valence-corrected chi connectivity index (χ2v) is 5.07. The van der Waals surface area contributed by atoms with E-state index in [0.717, 1.165) is 10.5 Å². The first-order chi connectivity index (χ1) is 8.13. The lowest BCUT2D eigenvalue weighted by molar-refractivity contribution is 0.267. The molecule has 0 radical (unpaired) electrons. The van der Waals surface area contributed by atoms with Gasteiger partial charge < -0.3 is 4.74 Å². The highest BCUT2D eigenvalue weighted by Crippen LogP contribution is 2.10. The topological polar surface area (TPSA) is 26.3 Å². The average Bonchev–Trinajstić information content (AvgIpc) is 2.34. The third-order valence-electron chi connectivity index (χ3n) is 2.14. The first-order valence-corrected chi connectivity index (χ1v) is 6.78. The molecule has 0 saturated heterocycles. The summed E-state index contributed by atoms with van der Waals surface area (Å²) in [5.74, 6) is 0. The molecule has 0 N–H and O–H groups in total. The van der Waals surface area contributed by atoms with Crippen LogP contribution in [0.1, 0.15) is 19.4 Å². The Morgan fingerprint density at radius 3 is 2.59 bits per heavy atom. The summed E-state index contributed by atoms with van der Waals surface area (Å²) in [6.45, 7) is 6.50. The van der Waals surface area contributed by atoms with Crippen molar-refractivity contribution in [1.29, 1.82) is 0 Å². The van der Waals surface area contributed by atoms with Crippen LogP contribution < -0.4 is 0 Å². The van der Waals surface area contributed by atoms with E-state index < -0.39 is 10.8 Å². The van der Waals surface area contributed by atoms with E-state index in [9.17, 15) is 4.21 Å². The lowest BCUT2D eigenvalue weighted by Crippen LogP contribution is -1.87. The van der Waals surface area contributed by atoms with Gasteiger partial charge in [-0.05, 0) is 44.6 Å².